The fraction of sp³-hybridized carbons (Fsp3) is 0.316. The molecule has 150 valence electrons. The summed E-state index contributed by atoms with van der Waals surface area (Å²) in [6.07, 6.45) is 0. The van der Waals surface area contributed by atoms with Crippen LogP contribution in [0, 0.1) is 6.92 Å². The number of methoxy groups -OCH3 is 1. The van der Waals surface area contributed by atoms with Gasteiger partial charge in [-0.05, 0) is 42.8 Å². The van der Waals surface area contributed by atoms with Crippen molar-refractivity contribution in [2.24, 2.45) is 0 Å². The lowest BCUT2D eigenvalue weighted by Gasteiger charge is -2.16. The van der Waals surface area contributed by atoms with Gasteiger partial charge in [0.1, 0.15) is 5.88 Å². The summed E-state index contributed by atoms with van der Waals surface area (Å²) in [6, 6.07) is 9.27. The maximum absolute atomic E-state index is 12.6. The molecule has 1 aliphatic heterocycles. The van der Waals surface area contributed by atoms with Crippen LogP contribution in [0.3, 0.4) is 0 Å². The molecule has 2 amide bonds. The van der Waals surface area contributed by atoms with E-state index < -0.39 is 9.84 Å². The first kappa shape index (κ1) is 19.8. The van der Waals surface area contributed by atoms with Crippen molar-refractivity contribution >= 4 is 27.2 Å². The number of anilines is 2. The third kappa shape index (κ3) is 3.84. The molecule has 1 saturated heterocycles. The van der Waals surface area contributed by atoms with E-state index in [-0.39, 0.29) is 22.6 Å². The lowest BCUT2D eigenvalue weighted by atomic mass is 10.2. The van der Waals surface area contributed by atoms with Crippen LogP contribution in [-0.2, 0) is 9.84 Å². The van der Waals surface area contributed by atoms with Gasteiger partial charge in [-0.25, -0.2) is 13.2 Å². The Balaban J connectivity index is 1.72. The number of nitrogens with one attached hydrogen (secondary N) is 1. The molecule has 9 heteroatoms. The molecule has 0 unspecified atom stereocenters. The normalized spacial score (nSPS) is 14.5. The number of likely N-dealkylation sites (N-methyl/N-ethyl adjacent to an activating group) is 1. The number of hydrogen-bond donors (Lipinski definition) is 2. The summed E-state index contributed by atoms with van der Waals surface area (Å²) in [7, 11) is -0.419. The van der Waals surface area contributed by atoms with Crippen LogP contribution in [-0.4, -0.2) is 57.6 Å². The molecular weight excluding hydrogens is 382 g/mol. The predicted octanol–water partition coefficient (Wildman–Crippen LogP) is 2.42. The fourth-order valence-corrected chi connectivity index (χ4v) is 4.18. The van der Waals surface area contributed by atoms with Crippen LogP contribution in [0.5, 0.6) is 11.5 Å². The SMILES string of the molecule is COc1c(C)cc(NCS(=O)(=O)c2ccc(N3CCN(C)C3=O)cc2)cc1O. The number of aryl methyl sites for hydroxylation is 1. The molecule has 0 saturated carbocycles. The fourth-order valence-electron chi connectivity index (χ4n) is 3.10. The largest absolute Gasteiger partial charge is 0.504 e. The highest BCUT2D eigenvalue weighted by Gasteiger charge is 2.26. The first-order chi connectivity index (χ1) is 13.2. The average Bonchev–Trinajstić information content (AvgIpc) is 2.99. The second kappa shape index (κ2) is 7.59. The van der Waals surface area contributed by atoms with Gasteiger partial charge >= 0.3 is 6.03 Å². The van der Waals surface area contributed by atoms with Gasteiger partial charge in [-0.15, -0.1) is 0 Å². The van der Waals surface area contributed by atoms with Crippen LogP contribution < -0.4 is 15.0 Å². The molecule has 2 N–H and O–H groups in total. The molecule has 0 aliphatic carbocycles. The number of carbonyl (C=O) groups excluding carboxylic acids is 1. The zero-order valence-electron chi connectivity index (χ0n) is 16.0. The van der Waals surface area contributed by atoms with Gasteiger partial charge in [0.25, 0.3) is 0 Å². The van der Waals surface area contributed by atoms with Crippen molar-refractivity contribution in [2.45, 2.75) is 11.8 Å². The van der Waals surface area contributed by atoms with Crippen molar-refractivity contribution in [1.29, 1.82) is 0 Å². The summed E-state index contributed by atoms with van der Waals surface area (Å²) in [5, 5.41) is 12.8. The van der Waals surface area contributed by atoms with Gasteiger partial charge in [0.2, 0.25) is 0 Å². The van der Waals surface area contributed by atoms with Gasteiger partial charge in [-0.3, -0.25) is 4.90 Å². The molecule has 2 aromatic rings. The molecule has 0 spiro atoms. The zero-order valence-corrected chi connectivity index (χ0v) is 16.8. The predicted molar refractivity (Wildman–Crippen MR) is 107 cm³/mol. The summed E-state index contributed by atoms with van der Waals surface area (Å²) >= 11 is 0. The van der Waals surface area contributed by atoms with E-state index in [0.717, 1.165) is 0 Å². The summed E-state index contributed by atoms with van der Waals surface area (Å²) in [5.74, 6) is -0.0405. The van der Waals surface area contributed by atoms with Crippen LogP contribution in [0.25, 0.3) is 0 Å². The second-order valence-corrected chi connectivity index (χ2v) is 8.62. The van der Waals surface area contributed by atoms with Gasteiger partial charge in [0, 0.05) is 37.6 Å². The number of nitrogens with zero attached hydrogens (tertiary/aromatic N) is 2. The van der Waals surface area contributed by atoms with Crippen LogP contribution >= 0.6 is 0 Å². The Morgan fingerprint density at radius 3 is 2.39 bits per heavy atom. The van der Waals surface area contributed by atoms with Gasteiger partial charge in [-0.1, -0.05) is 0 Å². The van der Waals surface area contributed by atoms with E-state index in [1.54, 1.807) is 42.0 Å². The first-order valence-electron chi connectivity index (χ1n) is 8.70. The van der Waals surface area contributed by atoms with E-state index in [9.17, 15) is 18.3 Å². The van der Waals surface area contributed by atoms with E-state index >= 15 is 0 Å². The van der Waals surface area contributed by atoms with Crippen molar-refractivity contribution in [3.63, 3.8) is 0 Å². The minimum Gasteiger partial charge on any atom is -0.504 e. The lowest BCUT2D eigenvalue weighted by Crippen LogP contribution is -2.29. The van der Waals surface area contributed by atoms with Gasteiger partial charge < -0.3 is 20.1 Å². The van der Waals surface area contributed by atoms with E-state index in [2.05, 4.69) is 5.32 Å². The number of benzene rings is 2. The molecule has 0 bridgehead atoms. The van der Waals surface area contributed by atoms with E-state index in [4.69, 9.17) is 4.74 Å². The van der Waals surface area contributed by atoms with Crippen molar-refractivity contribution in [1.82, 2.24) is 4.90 Å². The average molecular weight is 405 g/mol. The van der Waals surface area contributed by atoms with E-state index in [1.807, 2.05) is 0 Å². The Hall–Kier alpha value is -2.94. The number of rotatable bonds is 6. The van der Waals surface area contributed by atoms with Gasteiger partial charge in [-0.2, -0.15) is 0 Å². The standard InChI is InChI=1S/C19H23N3O5S/c1-13-10-14(11-17(23)18(13)27-3)20-12-28(25,26)16-6-4-15(5-7-16)22-9-8-21(2)19(22)24/h4-7,10-11,20,23H,8-9,12H2,1-3H3. The Kier molecular flexibility index (Phi) is 5.37. The second-order valence-electron chi connectivity index (χ2n) is 6.63. The van der Waals surface area contributed by atoms with E-state index in [0.29, 0.717) is 35.8 Å². The Bertz CT molecular complexity index is 966. The molecule has 28 heavy (non-hydrogen) atoms. The quantitative estimate of drug-likeness (QED) is 0.766. The molecule has 2 aromatic carbocycles. The Morgan fingerprint density at radius 2 is 1.86 bits per heavy atom. The van der Waals surface area contributed by atoms with Crippen molar-refractivity contribution in [3.8, 4) is 11.5 Å². The van der Waals surface area contributed by atoms with Crippen LogP contribution in [0.1, 0.15) is 5.56 Å². The molecule has 8 nitrogen and oxygen atoms in total. The molecule has 1 aliphatic rings. The van der Waals surface area contributed by atoms with Gasteiger partial charge in [0.15, 0.2) is 21.3 Å². The zero-order chi connectivity index (χ0) is 20.5. The number of hydrogen-bond acceptors (Lipinski definition) is 6. The van der Waals surface area contributed by atoms with Gasteiger partial charge in [0.05, 0.1) is 12.0 Å². The molecule has 0 radical (unpaired) electrons. The molecule has 3 rings (SSSR count). The summed E-state index contributed by atoms with van der Waals surface area (Å²) < 4.78 is 30.3. The van der Waals surface area contributed by atoms with Crippen LogP contribution in [0.15, 0.2) is 41.3 Å². The Morgan fingerprint density at radius 1 is 1.18 bits per heavy atom. The summed E-state index contributed by atoms with van der Waals surface area (Å²) in [4.78, 5) is 15.4. The Labute approximate surface area is 164 Å². The maximum atomic E-state index is 12.6. The van der Waals surface area contributed by atoms with Crippen LogP contribution in [0.4, 0.5) is 16.2 Å². The van der Waals surface area contributed by atoms with Crippen LogP contribution in [0.2, 0.25) is 0 Å². The highest BCUT2D eigenvalue weighted by molar-refractivity contribution is 7.91. The highest BCUT2D eigenvalue weighted by atomic mass is 32.2. The number of urea groups is 1. The topological polar surface area (TPSA) is 99.2 Å². The third-order valence-electron chi connectivity index (χ3n) is 4.65. The lowest BCUT2D eigenvalue weighted by molar-refractivity contribution is 0.229. The van der Waals surface area contributed by atoms with Crippen molar-refractivity contribution in [2.75, 3.05) is 43.3 Å². The number of carbonyl (C=O) groups is 1. The third-order valence-corrected chi connectivity index (χ3v) is 6.16. The maximum Gasteiger partial charge on any atom is 0.324 e. The number of ether oxygens (including phenoxy) is 1. The minimum atomic E-state index is -3.60. The highest BCUT2D eigenvalue weighted by Crippen LogP contribution is 2.33. The number of amides is 2. The number of phenols is 1. The molecular formula is C19H23N3O5S. The number of phenolic OH excluding ortho intramolecular Hbond substituents is 1. The summed E-state index contributed by atoms with van der Waals surface area (Å²) in [6.45, 7) is 2.97. The number of sulfone groups is 1. The van der Waals surface area contributed by atoms with Crippen molar-refractivity contribution < 1.29 is 23.1 Å². The smallest absolute Gasteiger partial charge is 0.324 e. The van der Waals surface area contributed by atoms with E-state index in [1.165, 1.54) is 25.3 Å². The number of aromatic hydroxyl groups is 1. The van der Waals surface area contributed by atoms with Crippen molar-refractivity contribution in [3.05, 3.63) is 42.0 Å². The molecule has 1 fully saturated rings. The molecule has 0 atom stereocenters. The first-order valence-corrected chi connectivity index (χ1v) is 10.3. The molecule has 1 heterocycles. The summed E-state index contributed by atoms with van der Waals surface area (Å²) in [5.41, 5.74) is 1.82. The molecule has 0 aromatic heterocycles. The minimum absolute atomic E-state index is 0.0630. The monoisotopic (exact) mass is 405 g/mol.